The number of sulfonamides is 1. The SMILES string of the molecule is O=C(NC1CCSc2ccc(Cl)cc21)c1ccc(F)c(S(=O)(=O)N2CCOCC2)c1. The summed E-state index contributed by atoms with van der Waals surface area (Å²) in [6.07, 6.45) is 0.712. The van der Waals surface area contributed by atoms with Gasteiger partial charge in [-0.25, -0.2) is 12.8 Å². The van der Waals surface area contributed by atoms with Crippen LogP contribution in [0.5, 0.6) is 0 Å². The van der Waals surface area contributed by atoms with Gasteiger partial charge in [-0.2, -0.15) is 4.31 Å². The molecule has 1 unspecified atom stereocenters. The maximum absolute atomic E-state index is 14.4. The van der Waals surface area contributed by atoms with E-state index in [0.717, 1.165) is 28.3 Å². The molecule has 1 N–H and O–H groups in total. The second-order valence-electron chi connectivity index (χ2n) is 7.01. The van der Waals surface area contributed by atoms with E-state index in [1.807, 2.05) is 12.1 Å². The number of nitrogens with one attached hydrogen (secondary N) is 1. The Kier molecular flexibility index (Phi) is 6.36. The lowest BCUT2D eigenvalue weighted by molar-refractivity contribution is 0.0729. The third-order valence-electron chi connectivity index (χ3n) is 5.10. The normalized spacial score (nSPS) is 19.9. The van der Waals surface area contributed by atoms with Crippen LogP contribution in [0.3, 0.4) is 0 Å². The molecule has 1 amide bonds. The van der Waals surface area contributed by atoms with Crippen LogP contribution in [0.25, 0.3) is 0 Å². The molecule has 2 heterocycles. The number of carbonyl (C=O) groups is 1. The summed E-state index contributed by atoms with van der Waals surface area (Å²) in [4.78, 5) is 13.4. The van der Waals surface area contributed by atoms with Crippen molar-refractivity contribution in [2.75, 3.05) is 32.1 Å². The molecule has 10 heteroatoms. The molecule has 30 heavy (non-hydrogen) atoms. The molecule has 6 nitrogen and oxygen atoms in total. The Morgan fingerprint density at radius 2 is 1.97 bits per heavy atom. The highest BCUT2D eigenvalue weighted by Gasteiger charge is 2.30. The fourth-order valence-electron chi connectivity index (χ4n) is 3.53. The standard InChI is InChI=1S/C20H20ClFN2O4S2/c21-14-2-4-18-15(12-14)17(5-10-29-18)23-20(25)13-1-3-16(22)19(11-13)30(26,27)24-6-8-28-9-7-24/h1-4,11-12,17H,5-10H2,(H,23,25). The third-order valence-corrected chi connectivity index (χ3v) is 8.37. The number of halogens is 2. The molecule has 0 bridgehead atoms. The molecule has 2 aliphatic heterocycles. The van der Waals surface area contributed by atoms with Crippen LogP contribution < -0.4 is 5.32 Å². The highest BCUT2D eigenvalue weighted by molar-refractivity contribution is 7.99. The largest absolute Gasteiger partial charge is 0.379 e. The van der Waals surface area contributed by atoms with Crippen molar-refractivity contribution in [2.24, 2.45) is 0 Å². The first-order valence-corrected chi connectivity index (χ1v) is 12.3. The van der Waals surface area contributed by atoms with E-state index in [-0.39, 0.29) is 37.9 Å². The molecule has 0 spiro atoms. The molecule has 160 valence electrons. The molecule has 0 radical (unpaired) electrons. The Morgan fingerprint density at radius 1 is 1.20 bits per heavy atom. The predicted molar refractivity (Wildman–Crippen MR) is 113 cm³/mol. The van der Waals surface area contributed by atoms with E-state index in [4.69, 9.17) is 16.3 Å². The Labute approximate surface area is 183 Å². The maximum Gasteiger partial charge on any atom is 0.251 e. The zero-order chi connectivity index (χ0) is 21.3. The Balaban J connectivity index is 1.59. The minimum atomic E-state index is -4.06. The van der Waals surface area contributed by atoms with Crippen LogP contribution in [-0.2, 0) is 14.8 Å². The highest BCUT2D eigenvalue weighted by Crippen LogP contribution is 2.37. The first-order chi connectivity index (χ1) is 14.4. The number of morpholine rings is 1. The quantitative estimate of drug-likeness (QED) is 0.740. The average Bonchev–Trinajstić information content (AvgIpc) is 2.75. The maximum atomic E-state index is 14.4. The molecule has 4 rings (SSSR count). The van der Waals surface area contributed by atoms with Crippen LogP contribution in [0.15, 0.2) is 46.2 Å². The number of thioether (sulfide) groups is 1. The Bertz CT molecular complexity index is 1070. The van der Waals surface area contributed by atoms with E-state index >= 15 is 0 Å². The second kappa shape index (κ2) is 8.84. The molecule has 0 saturated carbocycles. The molecule has 2 aliphatic rings. The summed E-state index contributed by atoms with van der Waals surface area (Å²) in [6, 6.07) is 8.71. The molecule has 2 aromatic rings. The Morgan fingerprint density at radius 3 is 2.73 bits per heavy atom. The van der Waals surface area contributed by atoms with Crippen LogP contribution in [-0.4, -0.2) is 50.7 Å². The lowest BCUT2D eigenvalue weighted by Gasteiger charge is -2.27. The van der Waals surface area contributed by atoms with Gasteiger partial charge in [0, 0.05) is 34.3 Å². The van der Waals surface area contributed by atoms with Crippen molar-refractivity contribution in [3.63, 3.8) is 0 Å². The molecule has 2 aromatic carbocycles. The number of benzene rings is 2. The smallest absolute Gasteiger partial charge is 0.251 e. The van der Waals surface area contributed by atoms with Gasteiger partial charge in [0.25, 0.3) is 5.91 Å². The number of amides is 1. The van der Waals surface area contributed by atoms with Gasteiger partial charge < -0.3 is 10.1 Å². The van der Waals surface area contributed by atoms with Crippen LogP contribution in [0.1, 0.15) is 28.4 Å². The number of ether oxygens (including phenoxy) is 1. The van der Waals surface area contributed by atoms with Crippen molar-refractivity contribution >= 4 is 39.3 Å². The third kappa shape index (κ3) is 4.36. The van der Waals surface area contributed by atoms with E-state index in [0.29, 0.717) is 11.4 Å². The fraction of sp³-hybridized carbons (Fsp3) is 0.350. The van der Waals surface area contributed by atoms with Crippen LogP contribution in [0, 0.1) is 5.82 Å². The zero-order valence-electron chi connectivity index (χ0n) is 15.9. The van der Waals surface area contributed by atoms with Gasteiger partial charge in [0.05, 0.1) is 19.3 Å². The first kappa shape index (κ1) is 21.6. The van der Waals surface area contributed by atoms with Gasteiger partial charge in [0.15, 0.2) is 0 Å². The molecular formula is C20H20ClFN2O4S2. The minimum absolute atomic E-state index is 0.0880. The van der Waals surface area contributed by atoms with Crippen molar-refractivity contribution < 1.29 is 22.3 Å². The first-order valence-electron chi connectivity index (χ1n) is 9.47. The van der Waals surface area contributed by atoms with Crippen molar-refractivity contribution in [1.82, 2.24) is 9.62 Å². The van der Waals surface area contributed by atoms with E-state index in [1.165, 1.54) is 10.4 Å². The van der Waals surface area contributed by atoms with E-state index in [9.17, 15) is 17.6 Å². The summed E-state index contributed by atoms with van der Waals surface area (Å²) < 4.78 is 46.5. The number of hydrogen-bond acceptors (Lipinski definition) is 5. The van der Waals surface area contributed by atoms with Gasteiger partial charge in [0.2, 0.25) is 10.0 Å². The summed E-state index contributed by atoms with van der Waals surface area (Å²) in [5.41, 5.74) is 1.01. The average molecular weight is 471 g/mol. The number of fused-ring (bicyclic) bond motifs is 1. The predicted octanol–water partition coefficient (Wildman–Crippen LogP) is 3.47. The van der Waals surface area contributed by atoms with E-state index in [1.54, 1.807) is 17.8 Å². The van der Waals surface area contributed by atoms with Gasteiger partial charge in [-0.1, -0.05) is 11.6 Å². The number of hydrogen-bond donors (Lipinski definition) is 1. The summed E-state index contributed by atoms with van der Waals surface area (Å²) in [5.74, 6) is -0.514. The van der Waals surface area contributed by atoms with Gasteiger partial charge in [0.1, 0.15) is 10.7 Å². The summed E-state index contributed by atoms with van der Waals surface area (Å²) in [7, 11) is -4.06. The van der Waals surface area contributed by atoms with Crippen molar-refractivity contribution in [3.8, 4) is 0 Å². The van der Waals surface area contributed by atoms with Crippen molar-refractivity contribution in [1.29, 1.82) is 0 Å². The van der Waals surface area contributed by atoms with Gasteiger partial charge in [-0.3, -0.25) is 4.79 Å². The molecule has 1 fully saturated rings. The summed E-state index contributed by atoms with van der Waals surface area (Å²) in [6.45, 7) is 0.802. The number of carbonyl (C=O) groups excluding carboxylic acids is 1. The highest BCUT2D eigenvalue weighted by atomic mass is 35.5. The van der Waals surface area contributed by atoms with Crippen LogP contribution >= 0.6 is 23.4 Å². The molecule has 0 aliphatic carbocycles. The van der Waals surface area contributed by atoms with Crippen LogP contribution in [0.4, 0.5) is 4.39 Å². The summed E-state index contributed by atoms with van der Waals surface area (Å²) in [5, 5.41) is 3.51. The fourth-order valence-corrected chi connectivity index (χ4v) is 6.31. The van der Waals surface area contributed by atoms with E-state index in [2.05, 4.69) is 5.32 Å². The molecule has 1 saturated heterocycles. The molecule has 0 aromatic heterocycles. The van der Waals surface area contributed by atoms with Gasteiger partial charge in [-0.15, -0.1) is 11.8 Å². The minimum Gasteiger partial charge on any atom is -0.379 e. The topological polar surface area (TPSA) is 75.7 Å². The zero-order valence-corrected chi connectivity index (χ0v) is 18.3. The van der Waals surface area contributed by atoms with Gasteiger partial charge in [-0.05, 0) is 48.4 Å². The van der Waals surface area contributed by atoms with E-state index < -0.39 is 26.6 Å². The molecular weight excluding hydrogens is 451 g/mol. The summed E-state index contributed by atoms with van der Waals surface area (Å²) >= 11 is 7.81. The number of rotatable bonds is 4. The monoisotopic (exact) mass is 470 g/mol. The number of nitrogens with zero attached hydrogens (tertiary/aromatic N) is 1. The van der Waals surface area contributed by atoms with Gasteiger partial charge >= 0.3 is 0 Å². The van der Waals surface area contributed by atoms with Crippen molar-refractivity contribution in [3.05, 3.63) is 58.4 Å². The Hall–Kier alpha value is -1.65. The van der Waals surface area contributed by atoms with Crippen LogP contribution in [0.2, 0.25) is 5.02 Å². The second-order valence-corrected chi connectivity index (χ2v) is 10.5. The lowest BCUT2D eigenvalue weighted by Crippen LogP contribution is -2.41. The van der Waals surface area contributed by atoms with Crippen molar-refractivity contribution in [2.45, 2.75) is 22.3 Å². The molecule has 1 atom stereocenters. The lowest BCUT2D eigenvalue weighted by atomic mass is 10.0.